The fraction of sp³-hybridized carbons (Fsp3) is 0.909. The van der Waals surface area contributed by atoms with E-state index in [1.54, 1.807) is 0 Å². The van der Waals surface area contributed by atoms with E-state index in [1.807, 2.05) is 0 Å². The van der Waals surface area contributed by atoms with Crippen LogP contribution in [-0.4, -0.2) is 37.1 Å². The predicted octanol–water partition coefficient (Wildman–Crippen LogP) is 1.61. The van der Waals surface area contributed by atoms with Crippen LogP contribution < -0.4 is 5.32 Å². The molecule has 0 heterocycles. The molecule has 0 bridgehead atoms. The van der Waals surface area contributed by atoms with Gasteiger partial charge in [-0.15, -0.1) is 0 Å². The first-order chi connectivity index (χ1) is 6.61. The summed E-state index contributed by atoms with van der Waals surface area (Å²) in [6, 6.07) is 2.86. The maximum atomic E-state index is 8.87. The molecule has 82 valence electrons. The molecule has 3 heteroatoms. The van der Waals surface area contributed by atoms with E-state index in [9.17, 15) is 0 Å². The van der Waals surface area contributed by atoms with Crippen LogP contribution in [0.4, 0.5) is 0 Å². The Hall–Kier alpha value is -0.590. The van der Waals surface area contributed by atoms with Crippen LogP contribution in [0.5, 0.6) is 0 Å². The summed E-state index contributed by atoms with van der Waals surface area (Å²) < 4.78 is 0. The van der Waals surface area contributed by atoms with Crippen molar-refractivity contribution in [3.8, 4) is 6.07 Å². The average Bonchev–Trinajstić information content (AvgIpc) is 2.17. The summed E-state index contributed by atoms with van der Waals surface area (Å²) in [5.41, 5.74) is 0. The summed E-state index contributed by atoms with van der Waals surface area (Å²) in [5.74, 6) is 0. The lowest BCUT2D eigenvalue weighted by atomic mass is 10.2. The summed E-state index contributed by atoms with van der Waals surface area (Å²) in [6.45, 7) is 8.36. The van der Waals surface area contributed by atoms with E-state index in [0.29, 0.717) is 6.04 Å². The Morgan fingerprint density at radius 3 is 2.50 bits per heavy atom. The first-order valence-corrected chi connectivity index (χ1v) is 5.45. The fourth-order valence-electron chi connectivity index (χ4n) is 1.12. The average molecular weight is 197 g/mol. The molecule has 14 heavy (non-hydrogen) atoms. The molecule has 1 unspecified atom stereocenters. The summed E-state index contributed by atoms with van der Waals surface area (Å²) in [7, 11) is 2.10. The number of nitriles is 1. The molecule has 0 rings (SSSR count). The molecular weight excluding hydrogens is 174 g/mol. The highest BCUT2D eigenvalue weighted by molar-refractivity contribution is 4.89. The third-order valence-electron chi connectivity index (χ3n) is 2.45. The van der Waals surface area contributed by atoms with Gasteiger partial charge in [0.05, 0.1) is 12.1 Å². The van der Waals surface area contributed by atoms with Crippen molar-refractivity contribution in [2.75, 3.05) is 20.1 Å². The number of hydrogen-bond donors (Lipinski definition) is 1. The van der Waals surface area contributed by atoms with E-state index in [-0.39, 0.29) is 6.04 Å². The van der Waals surface area contributed by atoms with Gasteiger partial charge >= 0.3 is 0 Å². The lowest BCUT2D eigenvalue weighted by Gasteiger charge is -2.22. The molecule has 0 aliphatic carbocycles. The molecule has 0 saturated carbocycles. The predicted molar refractivity (Wildman–Crippen MR) is 60.1 cm³/mol. The molecule has 0 spiro atoms. The van der Waals surface area contributed by atoms with E-state index in [4.69, 9.17) is 5.26 Å². The van der Waals surface area contributed by atoms with Crippen molar-refractivity contribution in [3.63, 3.8) is 0 Å². The Morgan fingerprint density at radius 1 is 1.43 bits per heavy atom. The highest BCUT2D eigenvalue weighted by Crippen LogP contribution is 1.98. The van der Waals surface area contributed by atoms with E-state index in [1.165, 1.54) is 0 Å². The Labute approximate surface area is 88.1 Å². The van der Waals surface area contributed by atoms with Crippen molar-refractivity contribution < 1.29 is 0 Å². The van der Waals surface area contributed by atoms with Crippen LogP contribution in [-0.2, 0) is 0 Å². The smallest absolute Gasteiger partial charge is 0.0965 e. The van der Waals surface area contributed by atoms with Crippen LogP contribution in [0.1, 0.15) is 33.6 Å². The third kappa shape index (κ3) is 5.95. The molecule has 0 saturated heterocycles. The van der Waals surface area contributed by atoms with Crippen LogP contribution in [0.2, 0.25) is 0 Å². The molecule has 0 aromatic carbocycles. The van der Waals surface area contributed by atoms with Gasteiger partial charge in [-0.1, -0.05) is 6.92 Å². The molecule has 0 aliphatic heterocycles. The van der Waals surface area contributed by atoms with Gasteiger partial charge in [0.2, 0.25) is 0 Å². The Morgan fingerprint density at radius 2 is 2.07 bits per heavy atom. The second-order valence-electron chi connectivity index (χ2n) is 4.00. The normalized spacial score (nSPS) is 13.2. The van der Waals surface area contributed by atoms with E-state index in [0.717, 1.165) is 25.9 Å². The summed E-state index contributed by atoms with van der Waals surface area (Å²) >= 11 is 0. The van der Waals surface area contributed by atoms with Crippen LogP contribution >= 0.6 is 0 Å². The molecule has 0 aliphatic rings. The molecule has 0 fully saturated rings. The first-order valence-electron chi connectivity index (χ1n) is 5.45. The van der Waals surface area contributed by atoms with Gasteiger partial charge in [-0.2, -0.15) is 5.26 Å². The number of hydrogen-bond acceptors (Lipinski definition) is 3. The van der Waals surface area contributed by atoms with Crippen molar-refractivity contribution >= 4 is 0 Å². The Kier molecular flexibility index (Phi) is 7.45. The molecule has 0 radical (unpaired) electrons. The van der Waals surface area contributed by atoms with Crippen LogP contribution in [0.3, 0.4) is 0 Å². The van der Waals surface area contributed by atoms with Gasteiger partial charge in [-0.3, -0.25) is 0 Å². The van der Waals surface area contributed by atoms with Crippen LogP contribution in [0, 0.1) is 11.3 Å². The van der Waals surface area contributed by atoms with Crippen molar-refractivity contribution in [1.29, 1.82) is 5.26 Å². The lowest BCUT2D eigenvalue weighted by molar-refractivity contribution is 0.263. The van der Waals surface area contributed by atoms with Crippen molar-refractivity contribution in [1.82, 2.24) is 10.2 Å². The molecule has 0 aromatic rings. The minimum atomic E-state index is 0.0103. The van der Waals surface area contributed by atoms with Crippen molar-refractivity contribution in [2.24, 2.45) is 0 Å². The van der Waals surface area contributed by atoms with Gasteiger partial charge in [-0.25, -0.2) is 0 Å². The first kappa shape index (κ1) is 13.4. The van der Waals surface area contributed by atoms with Gasteiger partial charge in [0.15, 0.2) is 0 Å². The highest BCUT2D eigenvalue weighted by atomic mass is 15.1. The van der Waals surface area contributed by atoms with E-state index < -0.39 is 0 Å². The topological polar surface area (TPSA) is 39.1 Å². The number of nitrogens with one attached hydrogen (secondary N) is 1. The minimum absolute atomic E-state index is 0.0103. The van der Waals surface area contributed by atoms with Crippen LogP contribution in [0.15, 0.2) is 0 Å². The van der Waals surface area contributed by atoms with Crippen LogP contribution in [0.25, 0.3) is 0 Å². The summed E-state index contributed by atoms with van der Waals surface area (Å²) in [6.07, 6.45) is 1.99. The maximum Gasteiger partial charge on any atom is 0.0965 e. The van der Waals surface area contributed by atoms with Gasteiger partial charge < -0.3 is 10.2 Å². The second-order valence-corrected chi connectivity index (χ2v) is 4.00. The SMILES string of the molecule is CCCNC(C#N)CCN(C)C(C)C. The van der Waals surface area contributed by atoms with Gasteiger partial charge in [-0.05, 0) is 40.3 Å². The van der Waals surface area contributed by atoms with Crippen molar-refractivity contribution in [3.05, 3.63) is 0 Å². The molecule has 3 nitrogen and oxygen atoms in total. The van der Waals surface area contributed by atoms with E-state index >= 15 is 0 Å². The maximum absolute atomic E-state index is 8.87. The highest BCUT2D eigenvalue weighted by Gasteiger charge is 2.08. The van der Waals surface area contributed by atoms with Gasteiger partial charge in [0.1, 0.15) is 0 Å². The Balaban J connectivity index is 3.68. The summed E-state index contributed by atoms with van der Waals surface area (Å²) in [4.78, 5) is 2.26. The zero-order valence-electron chi connectivity index (χ0n) is 9.88. The number of rotatable bonds is 7. The standard InChI is InChI=1S/C11H23N3/c1-5-7-13-11(9-12)6-8-14(4)10(2)3/h10-11,13H,5-8H2,1-4H3. The molecule has 1 N–H and O–H groups in total. The zero-order valence-corrected chi connectivity index (χ0v) is 9.88. The third-order valence-corrected chi connectivity index (χ3v) is 2.45. The van der Waals surface area contributed by atoms with Crippen molar-refractivity contribution in [2.45, 2.75) is 45.7 Å². The molecule has 1 atom stereocenters. The molecule has 0 aromatic heterocycles. The quantitative estimate of drug-likeness (QED) is 0.674. The minimum Gasteiger partial charge on any atom is -0.304 e. The summed E-state index contributed by atoms with van der Waals surface area (Å²) in [5, 5.41) is 12.1. The Bertz CT molecular complexity index is 172. The van der Waals surface area contributed by atoms with Gasteiger partial charge in [0, 0.05) is 12.6 Å². The lowest BCUT2D eigenvalue weighted by Crippen LogP contribution is -2.34. The molecular formula is C11H23N3. The second kappa shape index (κ2) is 7.78. The monoisotopic (exact) mass is 197 g/mol. The van der Waals surface area contributed by atoms with E-state index in [2.05, 4.69) is 44.1 Å². The number of nitrogens with zero attached hydrogens (tertiary/aromatic N) is 2. The molecule has 0 amide bonds. The fourth-order valence-corrected chi connectivity index (χ4v) is 1.12. The van der Waals surface area contributed by atoms with Gasteiger partial charge in [0.25, 0.3) is 0 Å². The largest absolute Gasteiger partial charge is 0.304 e. The zero-order chi connectivity index (χ0) is 11.0.